The SMILES string of the molecule is CCCC(=O)c1ccc2c(c1)N(CC(=O)NCC(c1ccc(OC)cc1)N(C)C)C(=O)C(C)O2. The molecule has 2 amide bonds. The quantitative estimate of drug-likeness (QED) is 0.540. The second kappa shape index (κ2) is 11.2. The van der Waals surface area contributed by atoms with Crippen molar-refractivity contribution in [1.29, 1.82) is 0 Å². The van der Waals surface area contributed by atoms with Gasteiger partial charge in [0.15, 0.2) is 11.9 Å². The third-order valence-corrected chi connectivity index (χ3v) is 5.88. The number of likely N-dealkylation sites (N-methyl/N-ethyl adjacent to an activating group) is 1. The van der Waals surface area contributed by atoms with Gasteiger partial charge in [0.1, 0.15) is 18.0 Å². The Bertz CT molecular complexity index is 1040. The van der Waals surface area contributed by atoms with Gasteiger partial charge in [0.2, 0.25) is 5.91 Å². The maximum atomic E-state index is 12.9. The van der Waals surface area contributed by atoms with E-state index in [2.05, 4.69) is 5.32 Å². The number of benzene rings is 2. The highest BCUT2D eigenvalue weighted by Crippen LogP contribution is 2.35. The van der Waals surface area contributed by atoms with E-state index in [9.17, 15) is 14.4 Å². The third-order valence-electron chi connectivity index (χ3n) is 5.88. The minimum atomic E-state index is -0.716. The van der Waals surface area contributed by atoms with Gasteiger partial charge in [-0.25, -0.2) is 0 Å². The number of amides is 2. The number of hydrogen-bond acceptors (Lipinski definition) is 6. The lowest BCUT2D eigenvalue weighted by atomic mass is 10.0. The Hall–Kier alpha value is -3.39. The summed E-state index contributed by atoms with van der Waals surface area (Å²) in [6, 6.07) is 12.7. The lowest BCUT2D eigenvalue weighted by Gasteiger charge is -2.33. The van der Waals surface area contributed by atoms with Crippen molar-refractivity contribution in [2.75, 3.05) is 39.2 Å². The molecular formula is C26H33N3O5. The van der Waals surface area contributed by atoms with Crippen molar-refractivity contribution < 1.29 is 23.9 Å². The van der Waals surface area contributed by atoms with Crippen LogP contribution in [0.5, 0.6) is 11.5 Å². The number of Topliss-reactive ketones (excluding diaryl/α,β-unsaturated/α-hetero) is 1. The highest BCUT2D eigenvalue weighted by atomic mass is 16.5. The minimum Gasteiger partial charge on any atom is -0.497 e. The predicted molar refractivity (Wildman–Crippen MR) is 131 cm³/mol. The number of ether oxygens (including phenoxy) is 2. The summed E-state index contributed by atoms with van der Waals surface area (Å²) in [6.07, 6.45) is 0.434. The fourth-order valence-corrected chi connectivity index (χ4v) is 3.95. The number of fused-ring (bicyclic) bond motifs is 1. The first-order chi connectivity index (χ1) is 16.2. The van der Waals surface area contributed by atoms with Gasteiger partial charge < -0.3 is 19.7 Å². The van der Waals surface area contributed by atoms with Crippen molar-refractivity contribution >= 4 is 23.3 Å². The molecule has 0 spiro atoms. The molecule has 182 valence electrons. The summed E-state index contributed by atoms with van der Waals surface area (Å²) in [5.41, 5.74) is 1.98. The molecule has 2 aromatic rings. The Labute approximate surface area is 200 Å². The Morgan fingerprint density at radius 1 is 1.18 bits per heavy atom. The van der Waals surface area contributed by atoms with Gasteiger partial charge in [0, 0.05) is 18.5 Å². The van der Waals surface area contributed by atoms with Crippen LogP contribution in [0.2, 0.25) is 0 Å². The molecule has 0 aliphatic carbocycles. The average Bonchev–Trinajstić information content (AvgIpc) is 2.82. The first kappa shape index (κ1) is 25.2. The van der Waals surface area contributed by atoms with E-state index in [0.29, 0.717) is 30.0 Å². The second-order valence-electron chi connectivity index (χ2n) is 8.60. The summed E-state index contributed by atoms with van der Waals surface area (Å²) in [5.74, 6) is 0.633. The van der Waals surface area contributed by atoms with Gasteiger partial charge in [-0.3, -0.25) is 19.3 Å². The average molecular weight is 468 g/mol. The molecule has 0 radical (unpaired) electrons. The number of carbonyl (C=O) groups excluding carboxylic acids is 3. The molecule has 34 heavy (non-hydrogen) atoms. The molecule has 0 saturated heterocycles. The molecule has 2 aromatic carbocycles. The van der Waals surface area contributed by atoms with Crippen LogP contribution in [0.4, 0.5) is 5.69 Å². The lowest BCUT2D eigenvalue weighted by Crippen LogP contribution is -2.49. The number of hydrogen-bond donors (Lipinski definition) is 1. The normalized spacial score (nSPS) is 16.0. The largest absolute Gasteiger partial charge is 0.497 e. The fourth-order valence-electron chi connectivity index (χ4n) is 3.95. The molecule has 8 heteroatoms. The number of ketones is 1. The molecule has 3 rings (SSSR count). The molecule has 1 N–H and O–H groups in total. The summed E-state index contributed by atoms with van der Waals surface area (Å²) in [4.78, 5) is 41.6. The van der Waals surface area contributed by atoms with Crippen molar-refractivity contribution in [1.82, 2.24) is 10.2 Å². The van der Waals surface area contributed by atoms with Crippen LogP contribution in [-0.2, 0) is 9.59 Å². The van der Waals surface area contributed by atoms with Crippen molar-refractivity contribution in [3.8, 4) is 11.5 Å². The van der Waals surface area contributed by atoms with Crippen LogP contribution in [0.15, 0.2) is 42.5 Å². The number of carbonyl (C=O) groups is 3. The number of nitrogens with zero attached hydrogens (tertiary/aromatic N) is 2. The Morgan fingerprint density at radius 3 is 2.50 bits per heavy atom. The van der Waals surface area contributed by atoms with Crippen LogP contribution < -0.4 is 19.7 Å². The van der Waals surface area contributed by atoms with Crippen molar-refractivity contribution in [3.63, 3.8) is 0 Å². The van der Waals surface area contributed by atoms with Gasteiger partial charge in [0.25, 0.3) is 5.91 Å². The Balaban J connectivity index is 1.74. The van der Waals surface area contributed by atoms with E-state index >= 15 is 0 Å². The molecule has 1 heterocycles. The molecule has 0 fully saturated rings. The molecule has 0 saturated carbocycles. The van der Waals surface area contributed by atoms with E-state index in [1.54, 1.807) is 32.2 Å². The predicted octanol–water partition coefficient (Wildman–Crippen LogP) is 3.21. The van der Waals surface area contributed by atoms with E-state index in [0.717, 1.165) is 17.7 Å². The van der Waals surface area contributed by atoms with Gasteiger partial charge in [-0.2, -0.15) is 0 Å². The standard InChI is InChI=1S/C26H33N3O5/c1-6-7-23(30)19-10-13-24-21(14-19)29(26(32)17(2)34-24)16-25(31)27-15-22(28(3)4)18-8-11-20(33-5)12-9-18/h8-14,17,22H,6-7,15-16H2,1-5H3,(H,27,31). The molecule has 0 bridgehead atoms. The Kier molecular flexibility index (Phi) is 8.28. The van der Waals surface area contributed by atoms with Crippen LogP contribution in [0.1, 0.15) is 48.7 Å². The number of methoxy groups -OCH3 is 1. The van der Waals surface area contributed by atoms with E-state index < -0.39 is 6.10 Å². The molecule has 2 unspecified atom stereocenters. The van der Waals surface area contributed by atoms with Crippen molar-refractivity contribution in [3.05, 3.63) is 53.6 Å². The molecule has 1 aliphatic rings. The molecule has 0 aromatic heterocycles. The van der Waals surface area contributed by atoms with Gasteiger partial charge in [0.05, 0.1) is 18.8 Å². The number of rotatable bonds is 10. The molecule has 2 atom stereocenters. The van der Waals surface area contributed by atoms with Crippen molar-refractivity contribution in [2.45, 2.75) is 38.8 Å². The number of nitrogens with one attached hydrogen (secondary N) is 1. The van der Waals surface area contributed by atoms with Crippen LogP contribution in [0.3, 0.4) is 0 Å². The first-order valence-electron chi connectivity index (χ1n) is 11.5. The molecular weight excluding hydrogens is 434 g/mol. The summed E-state index contributed by atoms with van der Waals surface area (Å²) >= 11 is 0. The van der Waals surface area contributed by atoms with Crippen LogP contribution >= 0.6 is 0 Å². The van der Waals surface area contributed by atoms with Crippen LogP contribution in [-0.4, -0.2) is 62.9 Å². The van der Waals surface area contributed by atoms with Crippen molar-refractivity contribution in [2.24, 2.45) is 0 Å². The zero-order valence-electron chi connectivity index (χ0n) is 20.5. The summed E-state index contributed by atoms with van der Waals surface area (Å²) < 4.78 is 10.9. The maximum Gasteiger partial charge on any atom is 0.268 e. The second-order valence-corrected chi connectivity index (χ2v) is 8.60. The summed E-state index contributed by atoms with van der Waals surface area (Å²) in [6.45, 7) is 3.80. The fraction of sp³-hybridized carbons (Fsp3) is 0.423. The van der Waals surface area contributed by atoms with Gasteiger partial charge >= 0.3 is 0 Å². The van der Waals surface area contributed by atoms with E-state index in [1.165, 1.54) is 4.90 Å². The van der Waals surface area contributed by atoms with E-state index in [1.807, 2.05) is 50.2 Å². The number of anilines is 1. The highest BCUT2D eigenvalue weighted by Gasteiger charge is 2.33. The monoisotopic (exact) mass is 467 g/mol. The molecule has 8 nitrogen and oxygen atoms in total. The summed E-state index contributed by atoms with van der Waals surface area (Å²) in [5, 5.41) is 2.95. The zero-order valence-corrected chi connectivity index (χ0v) is 20.5. The van der Waals surface area contributed by atoms with Gasteiger partial charge in [-0.1, -0.05) is 19.1 Å². The topological polar surface area (TPSA) is 88.2 Å². The first-order valence-corrected chi connectivity index (χ1v) is 11.5. The maximum absolute atomic E-state index is 12.9. The lowest BCUT2D eigenvalue weighted by molar-refractivity contribution is -0.128. The zero-order chi connectivity index (χ0) is 24.8. The van der Waals surface area contributed by atoms with E-state index in [-0.39, 0.29) is 30.2 Å². The van der Waals surface area contributed by atoms with Crippen LogP contribution in [0.25, 0.3) is 0 Å². The smallest absolute Gasteiger partial charge is 0.268 e. The summed E-state index contributed by atoms with van der Waals surface area (Å²) in [7, 11) is 5.51. The third kappa shape index (κ3) is 5.75. The van der Waals surface area contributed by atoms with Gasteiger partial charge in [-0.05, 0) is 63.3 Å². The van der Waals surface area contributed by atoms with E-state index in [4.69, 9.17) is 9.47 Å². The minimum absolute atomic E-state index is 0.00547. The van der Waals surface area contributed by atoms with Gasteiger partial charge in [-0.15, -0.1) is 0 Å². The van der Waals surface area contributed by atoms with Crippen LogP contribution in [0, 0.1) is 0 Å². The Morgan fingerprint density at radius 2 is 1.88 bits per heavy atom. The molecule has 1 aliphatic heterocycles. The highest BCUT2D eigenvalue weighted by molar-refractivity contribution is 6.05.